The lowest BCUT2D eigenvalue weighted by Gasteiger charge is -2.24. The fraction of sp³-hybridized carbons (Fsp3) is 0.579. The summed E-state index contributed by atoms with van der Waals surface area (Å²) in [5, 5.41) is 22.6. The highest BCUT2D eigenvalue weighted by atomic mass is 32.2. The van der Waals surface area contributed by atoms with Gasteiger partial charge in [-0.1, -0.05) is 46.4 Å². The van der Waals surface area contributed by atoms with E-state index in [2.05, 4.69) is 5.09 Å². The molecule has 0 saturated heterocycles. The first-order chi connectivity index (χ1) is 14.2. The fourth-order valence-electron chi connectivity index (χ4n) is 2.24. The number of hydrogen-bond donors (Lipinski definition) is 2. The van der Waals surface area contributed by atoms with Crippen LogP contribution in [0.2, 0.25) is 0 Å². The summed E-state index contributed by atoms with van der Waals surface area (Å²) in [5.41, 5.74) is -0.732. The largest absolute Gasteiger partial charge is 0.480 e. The maximum absolute atomic E-state index is 13.3. The lowest BCUT2D eigenvalue weighted by Crippen LogP contribution is -2.37. The Labute approximate surface area is 185 Å². The average Bonchev–Trinajstić information content (AvgIpc) is 2.63. The number of rotatable bonds is 12. The molecule has 0 bridgehead atoms. The van der Waals surface area contributed by atoms with E-state index < -0.39 is 30.1 Å². The van der Waals surface area contributed by atoms with E-state index >= 15 is 0 Å². The van der Waals surface area contributed by atoms with Gasteiger partial charge in [0.1, 0.15) is 11.8 Å². The number of nitro benzene ring substituents is 1. The molecule has 0 aliphatic heterocycles. The highest BCUT2D eigenvalue weighted by molar-refractivity contribution is 8.13. The predicted octanol–water partition coefficient (Wildman–Crippen LogP) is 4.49. The van der Waals surface area contributed by atoms with Crippen molar-refractivity contribution < 1.29 is 33.2 Å². The van der Waals surface area contributed by atoms with Crippen LogP contribution >= 0.6 is 19.5 Å². The normalized spacial score (nSPS) is 14.6. The third-order valence-corrected chi connectivity index (χ3v) is 6.63. The first-order valence-electron chi connectivity index (χ1n) is 9.60. The van der Waals surface area contributed by atoms with Crippen molar-refractivity contribution in [1.82, 2.24) is 5.09 Å². The number of aliphatic carboxylic acids is 1. The topological polar surface area (TPSA) is 145 Å². The van der Waals surface area contributed by atoms with Crippen molar-refractivity contribution in [3.8, 4) is 5.75 Å². The van der Waals surface area contributed by atoms with E-state index in [-0.39, 0.29) is 41.3 Å². The van der Waals surface area contributed by atoms with E-state index in [0.29, 0.717) is 0 Å². The molecule has 2 atom stereocenters. The molecule has 10 nitrogen and oxygen atoms in total. The van der Waals surface area contributed by atoms with E-state index in [1.54, 1.807) is 20.8 Å². The Balaban J connectivity index is 2.96. The number of carboxylic acids is 1. The second-order valence-corrected chi connectivity index (χ2v) is 11.0. The van der Waals surface area contributed by atoms with Crippen molar-refractivity contribution in [1.29, 1.82) is 0 Å². The van der Waals surface area contributed by atoms with Gasteiger partial charge in [-0.15, -0.1) is 0 Å². The molecule has 0 radical (unpaired) electrons. The molecular weight excluding hydrogens is 447 g/mol. The predicted molar refractivity (Wildman–Crippen MR) is 118 cm³/mol. The van der Waals surface area contributed by atoms with Crippen LogP contribution in [0.3, 0.4) is 0 Å². The number of carboxylic acid groups (broad SMARTS) is 1. The van der Waals surface area contributed by atoms with E-state index in [1.807, 2.05) is 13.8 Å². The highest BCUT2D eigenvalue weighted by Gasteiger charge is 2.34. The van der Waals surface area contributed by atoms with Crippen LogP contribution in [-0.2, 0) is 18.7 Å². The molecule has 0 spiro atoms. The molecule has 0 aromatic heterocycles. The van der Waals surface area contributed by atoms with Gasteiger partial charge in [0.25, 0.3) is 5.69 Å². The van der Waals surface area contributed by atoms with Gasteiger partial charge in [0.05, 0.1) is 11.5 Å². The molecule has 0 aliphatic rings. The SMILES string of the molecule is CC(C)CC(NP(=O)(OCCSC(=O)C(C)(C)C)Oc1ccc([N+](=O)[O-])cc1)C(=O)O. The molecule has 0 fully saturated rings. The van der Waals surface area contributed by atoms with E-state index in [0.717, 1.165) is 11.8 Å². The Hall–Kier alpha value is -1.94. The number of nitrogens with zero attached hydrogens (tertiary/aromatic N) is 1. The van der Waals surface area contributed by atoms with E-state index in [4.69, 9.17) is 9.05 Å². The Morgan fingerprint density at radius 1 is 1.26 bits per heavy atom. The fourth-order valence-corrected chi connectivity index (χ4v) is 4.65. The maximum atomic E-state index is 13.3. The minimum absolute atomic E-state index is 0.00791. The quantitative estimate of drug-likeness (QED) is 0.191. The second kappa shape index (κ2) is 11.6. The lowest BCUT2D eigenvalue weighted by atomic mass is 10.00. The van der Waals surface area contributed by atoms with Crippen LogP contribution in [0.5, 0.6) is 5.75 Å². The first-order valence-corrected chi connectivity index (χ1v) is 12.1. The number of non-ortho nitro benzene ring substituents is 1. The Morgan fingerprint density at radius 2 is 1.84 bits per heavy atom. The molecule has 2 unspecified atom stereocenters. The molecular formula is C19H29N2O8PS. The summed E-state index contributed by atoms with van der Waals surface area (Å²) >= 11 is 1.01. The zero-order chi connectivity index (χ0) is 23.8. The van der Waals surface area contributed by atoms with Gasteiger partial charge in [-0.25, -0.2) is 4.57 Å². The molecule has 1 rings (SSSR count). The summed E-state index contributed by atoms with van der Waals surface area (Å²) in [6, 6.07) is 3.62. The van der Waals surface area contributed by atoms with E-state index in [9.17, 15) is 29.4 Å². The third-order valence-electron chi connectivity index (χ3n) is 3.78. The van der Waals surface area contributed by atoms with Gasteiger partial charge in [0.2, 0.25) is 0 Å². The highest BCUT2D eigenvalue weighted by Crippen LogP contribution is 2.45. The standard InChI is InChI=1S/C19H29N2O8PS/c1-13(2)12-16(17(22)23)20-30(27,28-10-11-31-18(24)19(3,4)5)29-15-8-6-14(7-9-15)21(25)26/h6-9,13,16H,10-12H2,1-5H3,(H,20,27)(H,22,23). The van der Waals surface area contributed by atoms with E-state index in [1.165, 1.54) is 24.3 Å². The molecule has 1 aromatic carbocycles. The van der Waals surface area contributed by atoms with Crippen LogP contribution in [0.1, 0.15) is 41.0 Å². The van der Waals surface area contributed by atoms with Crippen LogP contribution in [0.4, 0.5) is 5.69 Å². The number of thioether (sulfide) groups is 1. The summed E-state index contributed by atoms with van der Waals surface area (Å²) in [5.74, 6) is -1.04. The van der Waals surface area contributed by atoms with Crippen LogP contribution in [-0.4, -0.2) is 39.5 Å². The number of carbonyl (C=O) groups is 2. The molecule has 0 amide bonds. The van der Waals surface area contributed by atoms with Gasteiger partial charge in [-0.2, -0.15) is 5.09 Å². The van der Waals surface area contributed by atoms with Gasteiger partial charge >= 0.3 is 13.7 Å². The molecule has 12 heteroatoms. The zero-order valence-corrected chi connectivity index (χ0v) is 19.9. The lowest BCUT2D eigenvalue weighted by molar-refractivity contribution is -0.384. The zero-order valence-electron chi connectivity index (χ0n) is 18.2. The van der Waals surface area contributed by atoms with Gasteiger partial charge in [0.15, 0.2) is 5.12 Å². The maximum Gasteiger partial charge on any atom is 0.459 e. The van der Waals surface area contributed by atoms with Gasteiger partial charge < -0.3 is 9.63 Å². The smallest absolute Gasteiger partial charge is 0.459 e. The Morgan fingerprint density at radius 3 is 2.29 bits per heavy atom. The summed E-state index contributed by atoms with van der Waals surface area (Å²) < 4.78 is 24.1. The summed E-state index contributed by atoms with van der Waals surface area (Å²) in [7, 11) is -4.17. The molecule has 174 valence electrons. The van der Waals surface area contributed by atoms with Gasteiger partial charge in [-0.05, 0) is 24.5 Å². The molecule has 31 heavy (non-hydrogen) atoms. The van der Waals surface area contributed by atoms with Crippen LogP contribution in [0.15, 0.2) is 24.3 Å². The van der Waals surface area contributed by atoms with Crippen molar-refractivity contribution in [3.05, 3.63) is 34.4 Å². The minimum Gasteiger partial charge on any atom is -0.480 e. The number of carbonyl (C=O) groups excluding carboxylic acids is 1. The Bertz CT molecular complexity index is 823. The molecule has 1 aromatic rings. The third kappa shape index (κ3) is 9.82. The number of nitro groups is 1. The van der Waals surface area contributed by atoms with Crippen molar-refractivity contribution in [3.63, 3.8) is 0 Å². The second-order valence-electron chi connectivity index (χ2n) is 8.21. The van der Waals surface area contributed by atoms with Gasteiger partial charge in [-0.3, -0.25) is 24.2 Å². The van der Waals surface area contributed by atoms with Crippen molar-refractivity contribution in [2.24, 2.45) is 11.3 Å². The first kappa shape index (κ1) is 27.1. The molecule has 2 N–H and O–H groups in total. The minimum atomic E-state index is -4.17. The van der Waals surface area contributed by atoms with Crippen molar-refractivity contribution in [2.75, 3.05) is 12.4 Å². The van der Waals surface area contributed by atoms with Crippen LogP contribution < -0.4 is 9.61 Å². The summed E-state index contributed by atoms with van der Waals surface area (Å²) in [4.78, 5) is 33.8. The van der Waals surface area contributed by atoms with Crippen LogP contribution in [0, 0.1) is 21.4 Å². The number of benzene rings is 1. The molecule has 0 heterocycles. The van der Waals surface area contributed by atoms with Crippen LogP contribution in [0.25, 0.3) is 0 Å². The Kier molecular flexibility index (Phi) is 10.2. The van der Waals surface area contributed by atoms with Gasteiger partial charge in [0, 0.05) is 23.3 Å². The van der Waals surface area contributed by atoms with Crippen molar-refractivity contribution >= 4 is 36.3 Å². The summed E-state index contributed by atoms with van der Waals surface area (Å²) in [6.07, 6.45) is 0.170. The summed E-state index contributed by atoms with van der Waals surface area (Å²) in [6.45, 7) is 8.81. The monoisotopic (exact) mass is 476 g/mol. The van der Waals surface area contributed by atoms with Crippen molar-refractivity contribution in [2.45, 2.75) is 47.1 Å². The molecule has 0 saturated carbocycles. The number of hydrogen-bond acceptors (Lipinski definition) is 8. The molecule has 0 aliphatic carbocycles. The average molecular weight is 476 g/mol. The number of nitrogens with one attached hydrogen (secondary N) is 1.